The molecule has 3 aromatic carbocycles. The van der Waals surface area contributed by atoms with Crippen LogP contribution in [0.4, 0.5) is 10.1 Å². The first-order valence-corrected chi connectivity index (χ1v) is 13.1. The van der Waals surface area contributed by atoms with Crippen LogP contribution in [0.15, 0.2) is 78.5 Å². The predicted octanol–water partition coefficient (Wildman–Crippen LogP) is 6.25. The summed E-state index contributed by atoms with van der Waals surface area (Å²) in [6.45, 7) is 11.2. The molecule has 2 atom stereocenters. The second-order valence-electron chi connectivity index (χ2n) is 8.49. The molecule has 0 amide bonds. The van der Waals surface area contributed by atoms with Gasteiger partial charge in [0.1, 0.15) is 18.3 Å². The summed E-state index contributed by atoms with van der Waals surface area (Å²) in [5, 5.41) is 17.9. The van der Waals surface area contributed by atoms with Crippen molar-refractivity contribution in [3.8, 4) is 5.75 Å². The topological polar surface area (TPSA) is 82.6 Å². The minimum atomic E-state index is -0.298. The van der Waals surface area contributed by atoms with Gasteiger partial charge in [-0.1, -0.05) is 50.3 Å². The second kappa shape index (κ2) is 13.9. The van der Waals surface area contributed by atoms with E-state index in [4.69, 9.17) is 15.9 Å². The molecule has 3 aromatic rings. The van der Waals surface area contributed by atoms with E-state index in [-0.39, 0.29) is 29.6 Å². The number of rotatable bonds is 5. The molecule has 1 heterocycles. The predicted molar refractivity (Wildman–Crippen MR) is 156 cm³/mol. The SMILES string of the molecule is C/C=C1\N(CC)c2ccc(O)cc2C1(C)Cc1ccc(P)c(F)c1.CC.N=C(OCN)c1ccccc1. The number of nitrogens with zero attached hydrogens (tertiary/aromatic N) is 1. The van der Waals surface area contributed by atoms with Gasteiger partial charge in [-0.15, -0.1) is 9.24 Å². The average molecular weight is 524 g/mol. The van der Waals surface area contributed by atoms with Crippen molar-refractivity contribution in [3.63, 3.8) is 0 Å². The zero-order chi connectivity index (χ0) is 27.6. The van der Waals surface area contributed by atoms with Gasteiger partial charge in [0.25, 0.3) is 0 Å². The molecule has 2 unspecified atom stereocenters. The van der Waals surface area contributed by atoms with Crippen LogP contribution in [0.1, 0.15) is 51.3 Å². The molecule has 5 nitrogen and oxygen atoms in total. The van der Waals surface area contributed by atoms with Crippen LogP contribution >= 0.6 is 9.24 Å². The highest BCUT2D eigenvalue weighted by Gasteiger charge is 2.43. The van der Waals surface area contributed by atoms with Crippen LogP contribution < -0.4 is 15.9 Å². The van der Waals surface area contributed by atoms with Crippen molar-refractivity contribution in [3.05, 3.63) is 101 Å². The van der Waals surface area contributed by atoms with Crippen LogP contribution in [0.5, 0.6) is 5.75 Å². The average Bonchev–Trinajstić information content (AvgIpc) is 3.14. The molecule has 4 rings (SSSR count). The summed E-state index contributed by atoms with van der Waals surface area (Å²) in [5.74, 6) is 0.178. The number of benzene rings is 3. The van der Waals surface area contributed by atoms with Crippen molar-refractivity contribution in [1.82, 2.24) is 0 Å². The molecule has 0 radical (unpaired) electrons. The third-order valence-electron chi connectivity index (χ3n) is 6.20. The van der Waals surface area contributed by atoms with E-state index in [2.05, 4.69) is 34.1 Å². The third-order valence-corrected chi connectivity index (χ3v) is 6.67. The van der Waals surface area contributed by atoms with Gasteiger partial charge in [0.15, 0.2) is 0 Å². The number of halogens is 1. The number of likely N-dealkylation sites (N-methyl/N-ethyl adjacent to an activating group) is 1. The van der Waals surface area contributed by atoms with Crippen molar-refractivity contribution in [1.29, 1.82) is 5.41 Å². The highest BCUT2D eigenvalue weighted by atomic mass is 31.0. The van der Waals surface area contributed by atoms with Gasteiger partial charge in [-0.3, -0.25) is 11.1 Å². The number of hydrogen-bond acceptors (Lipinski definition) is 5. The van der Waals surface area contributed by atoms with E-state index in [9.17, 15) is 9.50 Å². The van der Waals surface area contributed by atoms with Crippen LogP contribution in [0, 0.1) is 11.2 Å². The molecular weight excluding hydrogens is 484 g/mol. The minimum absolute atomic E-state index is 0.0493. The second-order valence-corrected chi connectivity index (χ2v) is 9.11. The third kappa shape index (κ3) is 6.97. The molecule has 0 spiro atoms. The highest BCUT2D eigenvalue weighted by molar-refractivity contribution is 7.27. The number of nitrogens with one attached hydrogen (secondary N) is 1. The molecule has 37 heavy (non-hydrogen) atoms. The summed E-state index contributed by atoms with van der Waals surface area (Å²) < 4.78 is 18.8. The molecule has 7 heteroatoms. The van der Waals surface area contributed by atoms with E-state index < -0.39 is 0 Å². The smallest absolute Gasteiger partial charge is 0.214 e. The van der Waals surface area contributed by atoms with Gasteiger partial charge in [0.05, 0.1) is 0 Å². The summed E-state index contributed by atoms with van der Waals surface area (Å²) in [7, 11) is 2.41. The molecule has 0 saturated carbocycles. The number of aromatic hydroxyl groups is 1. The summed E-state index contributed by atoms with van der Waals surface area (Å²) in [4.78, 5) is 2.27. The number of nitrogens with two attached hydrogens (primary N) is 1. The number of fused-ring (bicyclic) bond motifs is 1. The van der Waals surface area contributed by atoms with E-state index in [0.717, 1.165) is 28.9 Å². The number of ether oxygens (including phenoxy) is 1. The Hall–Kier alpha value is -3.21. The first-order chi connectivity index (χ1) is 17.7. The van der Waals surface area contributed by atoms with Crippen LogP contribution in [0.25, 0.3) is 0 Å². The Balaban J connectivity index is 0.000000311. The normalized spacial score (nSPS) is 16.8. The fraction of sp³-hybridized carbons (Fsp3) is 0.300. The number of allylic oxidation sites excluding steroid dienone is 2. The van der Waals surface area contributed by atoms with Crippen LogP contribution in [0.3, 0.4) is 0 Å². The van der Waals surface area contributed by atoms with E-state index >= 15 is 0 Å². The molecule has 0 fully saturated rings. The van der Waals surface area contributed by atoms with E-state index in [0.29, 0.717) is 11.7 Å². The van der Waals surface area contributed by atoms with Gasteiger partial charge in [-0.05, 0) is 74.7 Å². The number of hydrogen-bond donors (Lipinski definition) is 3. The Morgan fingerprint density at radius 2 is 1.81 bits per heavy atom. The maximum atomic E-state index is 14.0. The summed E-state index contributed by atoms with van der Waals surface area (Å²) >= 11 is 0. The largest absolute Gasteiger partial charge is 0.508 e. The first kappa shape index (κ1) is 30.0. The molecule has 0 bridgehead atoms. The molecular formula is C30H39FN3O2P. The minimum Gasteiger partial charge on any atom is -0.508 e. The molecule has 0 aromatic heterocycles. The summed E-state index contributed by atoms with van der Waals surface area (Å²) in [6.07, 6.45) is 2.81. The number of phenolic OH excluding ortho intramolecular Hbond substituents is 1. The maximum absolute atomic E-state index is 14.0. The van der Waals surface area contributed by atoms with Gasteiger partial charge >= 0.3 is 0 Å². The van der Waals surface area contributed by atoms with Crippen LogP contribution in [-0.2, 0) is 16.6 Å². The van der Waals surface area contributed by atoms with Crippen molar-refractivity contribution >= 4 is 26.1 Å². The molecule has 4 N–H and O–H groups in total. The van der Waals surface area contributed by atoms with Crippen molar-refractivity contribution in [2.24, 2.45) is 5.73 Å². The van der Waals surface area contributed by atoms with Gasteiger partial charge in [-0.2, -0.15) is 0 Å². The monoisotopic (exact) mass is 523 g/mol. The van der Waals surface area contributed by atoms with E-state index in [1.807, 2.05) is 57.2 Å². The van der Waals surface area contributed by atoms with Crippen molar-refractivity contribution in [2.45, 2.75) is 46.5 Å². The molecule has 1 aliphatic rings. The van der Waals surface area contributed by atoms with Gasteiger partial charge in [0, 0.05) is 34.2 Å². The summed E-state index contributed by atoms with van der Waals surface area (Å²) in [6, 6.07) is 20.1. The Kier molecular flexibility index (Phi) is 11.3. The lowest BCUT2D eigenvalue weighted by atomic mass is 9.76. The van der Waals surface area contributed by atoms with Gasteiger partial charge < -0.3 is 14.7 Å². The van der Waals surface area contributed by atoms with Crippen LogP contribution in [0.2, 0.25) is 0 Å². The highest BCUT2D eigenvalue weighted by Crippen LogP contribution is 2.50. The lowest BCUT2D eigenvalue weighted by Crippen LogP contribution is -2.30. The fourth-order valence-electron chi connectivity index (χ4n) is 4.61. The van der Waals surface area contributed by atoms with Crippen molar-refractivity contribution < 1.29 is 14.2 Å². The standard InChI is InChI=1S/C20H23FNOP.C8H10N2O.C2H6/c1-4-19-20(3,12-13-6-9-18(24)16(21)10-13)15-11-14(23)7-8-17(15)22(19)5-2;9-6-11-8(10)7-4-2-1-3-5-7;1-2/h4,6-11,23H,5,12,24H2,1-3H3;1-5,10H,6,9H2;1-2H3/b19-4-;;. The Morgan fingerprint density at radius 1 is 1.14 bits per heavy atom. The lowest BCUT2D eigenvalue weighted by Gasteiger charge is -2.30. The quantitative estimate of drug-likeness (QED) is 0.160. The fourth-order valence-corrected chi connectivity index (χ4v) is 4.79. The van der Waals surface area contributed by atoms with E-state index in [1.54, 1.807) is 30.3 Å². The lowest BCUT2D eigenvalue weighted by molar-refractivity contribution is 0.315. The molecule has 0 aliphatic carbocycles. The van der Waals surface area contributed by atoms with Crippen LogP contribution in [-0.4, -0.2) is 24.3 Å². The Morgan fingerprint density at radius 3 is 2.38 bits per heavy atom. The Bertz CT molecular complexity index is 1220. The first-order valence-electron chi connectivity index (χ1n) is 12.5. The van der Waals surface area contributed by atoms with E-state index in [1.165, 1.54) is 5.70 Å². The summed E-state index contributed by atoms with van der Waals surface area (Å²) in [5.41, 5.74) is 9.91. The zero-order valence-electron chi connectivity index (χ0n) is 22.4. The molecule has 1 aliphatic heterocycles. The number of phenols is 1. The van der Waals surface area contributed by atoms with Gasteiger partial charge in [0.2, 0.25) is 5.90 Å². The Labute approximate surface area is 222 Å². The van der Waals surface area contributed by atoms with Crippen molar-refractivity contribution in [2.75, 3.05) is 18.2 Å². The molecule has 198 valence electrons. The number of anilines is 1. The zero-order valence-corrected chi connectivity index (χ0v) is 23.5. The van der Waals surface area contributed by atoms with Gasteiger partial charge in [-0.25, -0.2) is 4.39 Å². The maximum Gasteiger partial charge on any atom is 0.214 e. The molecule has 0 saturated heterocycles.